The Balaban J connectivity index is 1.47. The zero-order chi connectivity index (χ0) is 18.8. The minimum Gasteiger partial charge on any atom is -0.326 e. The molecule has 3 aromatic rings. The molecule has 0 radical (unpaired) electrons. The molecule has 3 amide bonds. The van der Waals surface area contributed by atoms with Gasteiger partial charge in [-0.25, -0.2) is 0 Å². The summed E-state index contributed by atoms with van der Waals surface area (Å²) in [6, 6.07) is 14.9. The van der Waals surface area contributed by atoms with Crippen LogP contribution >= 0.6 is 0 Å². The van der Waals surface area contributed by atoms with Crippen molar-refractivity contribution in [2.45, 2.75) is 25.2 Å². The normalized spacial score (nSPS) is 15.0. The molecule has 1 fully saturated rings. The van der Waals surface area contributed by atoms with Gasteiger partial charge >= 0.3 is 0 Å². The molecule has 0 unspecified atom stereocenters. The largest absolute Gasteiger partial charge is 0.326 e. The van der Waals surface area contributed by atoms with Crippen LogP contribution in [0.1, 0.15) is 30.0 Å². The van der Waals surface area contributed by atoms with E-state index in [1.807, 2.05) is 42.5 Å². The zero-order valence-electron chi connectivity index (χ0n) is 14.5. The molecule has 0 aliphatic carbocycles. The smallest absolute Gasteiger partial charge is 0.230 e. The molecule has 0 bridgehead atoms. The third kappa shape index (κ3) is 3.72. The molecule has 0 atom stereocenters. The second-order valence-electron chi connectivity index (χ2n) is 6.65. The monoisotopic (exact) mass is 362 g/mol. The van der Waals surface area contributed by atoms with E-state index in [4.69, 9.17) is 0 Å². The summed E-state index contributed by atoms with van der Waals surface area (Å²) < 4.78 is 0. The molecule has 2 aromatic carbocycles. The first-order valence-electron chi connectivity index (χ1n) is 8.73. The number of rotatable bonds is 4. The van der Waals surface area contributed by atoms with Crippen molar-refractivity contribution in [1.29, 1.82) is 0 Å². The zero-order valence-corrected chi connectivity index (χ0v) is 14.5. The van der Waals surface area contributed by atoms with Crippen LogP contribution in [0.3, 0.4) is 0 Å². The second-order valence-corrected chi connectivity index (χ2v) is 6.65. The lowest BCUT2D eigenvalue weighted by Gasteiger charge is -2.21. The SMILES string of the molecule is O=C1CC(c2cccc(NC(=O)Cc3[nH]nc4ccccc34)c2)CC(=O)N1. The summed E-state index contributed by atoms with van der Waals surface area (Å²) in [5.74, 6) is -0.868. The summed E-state index contributed by atoms with van der Waals surface area (Å²) in [5, 5.41) is 13.2. The fourth-order valence-electron chi connectivity index (χ4n) is 3.40. The van der Waals surface area contributed by atoms with Gasteiger partial charge in [-0.3, -0.25) is 24.8 Å². The van der Waals surface area contributed by atoms with Crippen molar-refractivity contribution in [3.63, 3.8) is 0 Å². The van der Waals surface area contributed by atoms with Gasteiger partial charge in [0.05, 0.1) is 17.6 Å². The Labute approximate surface area is 155 Å². The molecule has 2 heterocycles. The fourth-order valence-corrected chi connectivity index (χ4v) is 3.40. The molecule has 136 valence electrons. The first-order chi connectivity index (χ1) is 13.1. The van der Waals surface area contributed by atoms with Crippen molar-refractivity contribution >= 4 is 34.3 Å². The van der Waals surface area contributed by atoms with E-state index in [-0.39, 0.29) is 42.9 Å². The van der Waals surface area contributed by atoms with Crippen LogP contribution in [-0.4, -0.2) is 27.9 Å². The highest BCUT2D eigenvalue weighted by molar-refractivity contribution is 5.98. The average molecular weight is 362 g/mol. The van der Waals surface area contributed by atoms with Crippen molar-refractivity contribution in [2.24, 2.45) is 0 Å². The highest BCUT2D eigenvalue weighted by Crippen LogP contribution is 2.28. The average Bonchev–Trinajstić information content (AvgIpc) is 3.04. The first-order valence-corrected chi connectivity index (χ1v) is 8.73. The Morgan fingerprint density at radius 2 is 1.85 bits per heavy atom. The molecule has 7 nitrogen and oxygen atoms in total. The van der Waals surface area contributed by atoms with Gasteiger partial charge in [-0.2, -0.15) is 5.10 Å². The van der Waals surface area contributed by atoms with Gasteiger partial charge in [-0.1, -0.05) is 30.3 Å². The third-order valence-corrected chi connectivity index (χ3v) is 4.66. The van der Waals surface area contributed by atoms with Crippen LogP contribution < -0.4 is 10.6 Å². The Kier molecular flexibility index (Phi) is 4.42. The molecular weight excluding hydrogens is 344 g/mol. The van der Waals surface area contributed by atoms with Crippen molar-refractivity contribution in [3.05, 3.63) is 59.8 Å². The number of carbonyl (C=O) groups excluding carboxylic acids is 3. The molecule has 0 saturated carbocycles. The maximum Gasteiger partial charge on any atom is 0.230 e. The fraction of sp³-hybridized carbons (Fsp3) is 0.200. The molecule has 1 saturated heterocycles. The summed E-state index contributed by atoms with van der Waals surface area (Å²) in [7, 11) is 0. The van der Waals surface area contributed by atoms with Crippen LogP contribution in [0.15, 0.2) is 48.5 Å². The lowest BCUT2D eigenvalue weighted by Crippen LogP contribution is -2.37. The maximum atomic E-state index is 12.4. The van der Waals surface area contributed by atoms with Crippen LogP contribution in [0.25, 0.3) is 10.9 Å². The number of benzene rings is 2. The second kappa shape index (κ2) is 7.03. The predicted molar refractivity (Wildman–Crippen MR) is 100.0 cm³/mol. The number of aromatic amines is 1. The minimum atomic E-state index is -0.267. The topological polar surface area (TPSA) is 104 Å². The molecule has 1 aliphatic heterocycles. The van der Waals surface area contributed by atoms with Gasteiger partial charge in [-0.05, 0) is 23.8 Å². The summed E-state index contributed by atoms with van der Waals surface area (Å²) in [5.41, 5.74) is 3.08. The number of nitrogens with one attached hydrogen (secondary N) is 3. The van der Waals surface area contributed by atoms with E-state index in [2.05, 4.69) is 20.8 Å². The van der Waals surface area contributed by atoms with E-state index < -0.39 is 0 Å². The molecule has 7 heteroatoms. The maximum absolute atomic E-state index is 12.4. The number of aromatic nitrogens is 2. The lowest BCUT2D eigenvalue weighted by atomic mass is 9.89. The number of anilines is 1. The summed E-state index contributed by atoms with van der Waals surface area (Å²) in [4.78, 5) is 35.6. The molecular formula is C20H18N4O3. The summed E-state index contributed by atoms with van der Waals surface area (Å²) >= 11 is 0. The van der Waals surface area contributed by atoms with Crippen LogP contribution in [0.5, 0.6) is 0 Å². The van der Waals surface area contributed by atoms with E-state index in [9.17, 15) is 14.4 Å². The quantitative estimate of drug-likeness (QED) is 0.619. The molecule has 27 heavy (non-hydrogen) atoms. The highest BCUT2D eigenvalue weighted by Gasteiger charge is 2.26. The number of amides is 3. The van der Waals surface area contributed by atoms with E-state index in [0.29, 0.717) is 5.69 Å². The third-order valence-electron chi connectivity index (χ3n) is 4.66. The summed E-state index contributed by atoms with van der Waals surface area (Å²) in [6.45, 7) is 0. The number of hydrogen-bond donors (Lipinski definition) is 3. The number of piperidine rings is 1. The van der Waals surface area contributed by atoms with Gasteiger partial charge in [0.2, 0.25) is 17.7 Å². The van der Waals surface area contributed by atoms with Crippen molar-refractivity contribution in [2.75, 3.05) is 5.32 Å². The number of hydrogen-bond acceptors (Lipinski definition) is 4. The van der Waals surface area contributed by atoms with Gasteiger partial charge in [0.25, 0.3) is 0 Å². The Hall–Kier alpha value is -3.48. The van der Waals surface area contributed by atoms with Crippen LogP contribution in [-0.2, 0) is 20.8 Å². The van der Waals surface area contributed by atoms with Crippen molar-refractivity contribution in [1.82, 2.24) is 15.5 Å². The number of para-hydroxylation sites is 1. The first kappa shape index (κ1) is 17.0. The lowest BCUT2D eigenvalue weighted by molar-refractivity contribution is -0.133. The van der Waals surface area contributed by atoms with Gasteiger partial charge < -0.3 is 5.32 Å². The predicted octanol–water partition coefficient (Wildman–Crippen LogP) is 2.26. The number of fused-ring (bicyclic) bond motifs is 1. The van der Waals surface area contributed by atoms with E-state index in [1.54, 1.807) is 6.07 Å². The van der Waals surface area contributed by atoms with Crippen LogP contribution in [0.4, 0.5) is 5.69 Å². The van der Waals surface area contributed by atoms with Crippen LogP contribution in [0, 0.1) is 0 Å². The summed E-state index contributed by atoms with van der Waals surface area (Å²) in [6.07, 6.45) is 0.710. The van der Waals surface area contributed by atoms with Gasteiger partial charge in [0.1, 0.15) is 0 Å². The molecule has 1 aliphatic rings. The van der Waals surface area contributed by atoms with Crippen LogP contribution in [0.2, 0.25) is 0 Å². The number of H-pyrrole nitrogens is 1. The standard InChI is InChI=1S/C20H18N4O3/c25-18-9-13(10-19(26)22-18)12-4-3-5-14(8-12)21-20(27)11-17-15-6-1-2-7-16(15)23-24-17/h1-8,13H,9-11H2,(H,21,27)(H,23,24)(H,22,25,26). The van der Waals surface area contributed by atoms with Crippen molar-refractivity contribution < 1.29 is 14.4 Å². The molecule has 0 spiro atoms. The minimum absolute atomic E-state index is 0.167. The van der Waals surface area contributed by atoms with Gasteiger partial charge in [-0.15, -0.1) is 0 Å². The highest BCUT2D eigenvalue weighted by atomic mass is 16.2. The van der Waals surface area contributed by atoms with E-state index in [1.165, 1.54) is 0 Å². The number of imide groups is 1. The number of carbonyl (C=O) groups is 3. The Morgan fingerprint density at radius 1 is 1.07 bits per heavy atom. The number of nitrogens with zero attached hydrogens (tertiary/aromatic N) is 1. The molecule has 1 aromatic heterocycles. The van der Waals surface area contributed by atoms with Gasteiger partial charge in [0.15, 0.2) is 0 Å². The molecule has 4 rings (SSSR count). The Morgan fingerprint density at radius 3 is 2.67 bits per heavy atom. The molecule has 3 N–H and O–H groups in total. The van der Waals surface area contributed by atoms with E-state index >= 15 is 0 Å². The van der Waals surface area contributed by atoms with Crippen molar-refractivity contribution in [3.8, 4) is 0 Å². The Bertz CT molecular complexity index is 1020. The van der Waals surface area contributed by atoms with E-state index in [0.717, 1.165) is 22.2 Å². The van der Waals surface area contributed by atoms with Gasteiger partial charge in [0, 0.05) is 29.8 Å².